The quantitative estimate of drug-likeness (QED) is 0.839. The summed E-state index contributed by atoms with van der Waals surface area (Å²) in [6.45, 7) is 4.66. The Labute approximate surface area is 119 Å². The molecule has 0 unspecified atom stereocenters. The topological polar surface area (TPSA) is 23.6 Å². The monoisotopic (exact) mass is 276 g/mol. The van der Waals surface area contributed by atoms with Crippen LogP contribution in [0.5, 0.6) is 0 Å². The van der Waals surface area contributed by atoms with Gasteiger partial charge in [0.1, 0.15) is 5.82 Å². The summed E-state index contributed by atoms with van der Waals surface area (Å²) in [7, 11) is 0. The van der Waals surface area contributed by atoms with E-state index in [2.05, 4.69) is 4.90 Å². The average Bonchev–Trinajstić information content (AvgIpc) is 3.26. The number of rotatable bonds is 4. The highest BCUT2D eigenvalue weighted by Crippen LogP contribution is 2.29. The number of piperazine rings is 1. The minimum absolute atomic E-state index is 0.0428. The zero-order valence-corrected chi connectivity index (χ0v) is 11.7. The summed E-state index contributed by atoms with van der Waals surface area (Å²) in [6, 6.07) is 6.53. The summed E-state index contributed by atoms with van der Waals surface area (Å²) in [4.78, 5) is 16.5. The van der Waals surface area contributed by atoms with Crippen LogP contribution in [0.1, 0.15) is 18.4 Å². The van der Waals surface area contributed by atoms with Crippen LogP contribution >= 0.6 is 0 Å². The summed E-state index contributed by atoms with van der Waals surface area (Å²) in [6.07, 6.45) is 2.91. The minimum Gasteiger partial charge on any atom is -0.340 e. The van der Waals surface area contributed by atoms with Gasteiger partial charge in [0.25, 0.3) is 0 Å². The van der Waals surface area contributed by atoms with E-state index in [1.165, 1.54) is 25.5 Å². The second-order valence-electron chi connectivity index (χ2n) is 5.89. The number of amides is 1. The first-order chi connectivity index (χ1) is 9.72. The molecule has 1 aliphatic heterocycles. The van der Waals surface area contributed by atoms with Gasteiger partial charge in [0.05, 0.1) is 6.42 Å². The standard InChI is InChI=1S/C16H21FN2O/c17-15-4-2-1-3-14(15)11-16(20)19-9-7-18(8-10-19)12-13-5-6-13/h1-4,13H,5-12H2. The van der Waals surface area contributed by atoms with E-state index in [4.69, 9.17) is 0 Å². The molecule has 1 saturated heterocycles. The van der Waals surface area contributed by atoms with Crippen molar-refractivity contribution < 1.29 is 9.18 Å². The van der Waals surface area contributed by atoms with Crippen molar-refractivity contribution in [1.82, 2.24) is 9.80 Å². The van der Waals surface area contributed by atoms with Crippen LogP contribution in [0, 0.1) is 11.7 Å². The fraction of sp³-hybridized carbons (Fsp3) is 0.562. The van der Waals surface area contributed by atoms with Gasteiger partial charge in [-0.3, -0.25) is 9.69 Å². The Kier molecular flexibility index (Phi) is 4.01. The maximum Gasteiger partial charge on any atom is 0.227 e. The summed E-state index contributed by atoms with van der Waals surface area (Å²) in [5.74, 6) is 0.657. The molecule has 108 valence electrons. The number of carbonyl (C=O) groups excluding carboxylic acids is 1. The molecule has 2 aliphatic rings. The predicted molar refractivity (Wildman–Crippen MR) is 75.8 cm³/mol. The number of nitrogens with zero attached hydrogens (tertiary/aromatic N) is 2. The number of halogens is 1. The van der Waals surface area contributed by atoms with Gasteiger partial charge in [-0.05, 0) is 30.4 Å². The highest BCUT2D eigenvalue weighted by atomic mass is 19.1. The average molecular weight is 276 g/mol. The molecule has 1 saturated carbocycles. The van der Waals surface area contributed by atoms with Gasteiger partial charge in [0.2, 0.25) is 5.91 Å². The van der Waals surface area contributed by atoms with E-state index in [1.54, 1.807) is 18.2 Å². The second-order valence-corrected chi connectivity index (χ2v) is 5.89. The maximum absolute atomic E-state index is 13.6. The van der Waals surface area contributed by atoms with Crippen LogP contribution < -0.4 is 0 Å². The maximum atomic E-state index is 13.6. The van der Waals surface area contributed by atoms with Gasteiger partial charge in [-0.2, -0.15) is 0 Å². The van der Waals surface area contributed by atoms with E-state index in [1.807, 2.05) is 4.90 Å². The molecule has 1 aliphatic carbocycles. The van der Waals surface area contributed by atoms with Crippen molar-refractivity contribution in [3.05, 3.63) is 35.6 Å². The summed E-state index contributed by atoms with van der Waals surface area (Å²) in [5, 5.41) is 0. The molecule has 0 N–H and O–H groups in total. The van der Waals surface area contributed by atoms with Crippen molar-refractivity contribution in [2.75, 3.05) is 32.7 Å². The molecule has 0 aromatic heterocycles. The number of hydrogen-bond acceptors (Lipinski definition) is 2. The van der Waals surface area contributed by atoms with Gasteiger partial charge >= 0.3 is 0 Å². The summed E-state index contributed by atoms with van der Waals surface area (Å²) >= 11 is 0. The van der Waals surface area contributed by atoms with Gasteiger partial charge in [-0.1, -0.05) is 18.2 Å². The van der Waals surface area contributed by atoms with Crippen molar-refractivity contribution in [2.45, 2.75) is 19.3 Å². The van der Waals surface area contributed by atoms with Crippen molar-refractivity contribution in [2.24, 2.45) is 5.92 Å². The SMILES string of the molecule is O=C(Cc1ccccc1F)N1CCN(CC2CC2)CC1. The first-order valence-electron chi connectivity index (χ1n) is 7.46. The summed E-state index contributed by atoms with van der Waals surface area (Å²) in [5.41, 5.74) is 0.498. The highest BCUT2D eigenvalue weighted by molar-refractivity contribution is 5.78. The molecule has 3 nitrogen and oxygen atoms in total. The highest BCUT2D eigenvalue weighted by Gasteiger charge is 2.27. The Morgan fingerprint density at radius 1 is 1.15 bits per heavy atom. The van der Waals surface area contributed by atoms with E-state index in [0.717, 1.165) is 32.1 Å². The van der Waals surface area contributed by atoms with Gasteiger partial charge in [0, 0.05) is 32.7 Å². The molecule has 0 bridgehead atoms. The summed E-state index contributed by atoms with van der Waals surface area (Å²) < 4.78 is 13.6. The van der Waals surface area contributed by atoms with Crippen molar-refractivity contribution >= 4 is 5.91 Å². The van der Waals surface area contributed by atoms with E-state index < -0.39 is 0 Å². The van der Waals surface area contributed by atoms with Gasteiger partial charge in [-0.25, -0.2) is 4.39 Å². The minimum atomic E-state index is -0.284. The molecule has 3 rings (SSSR count). The molecule has 1 aromatic rings. The van der Waals surface area contributed by atoms with Crippen molar-refractivity contribution in [3.8, 4) is 0 Å². The van der Waals surface area contributed by atoms with Crippen molar-refractivity contribution in [3.63, 3.8) is 0 Å². The van der Waals surface area contributed by atoms with Gasteiger partial charge in [-0.15, -0.1) is 0 Å². The number of carbonyl (C=O) groups is 1. The third-order valence-electron chi connectivity index (χ3n) is 4.24. The molecule has 0 atom stereocenters. The molecule has 0 spiro atoms. The van der Waals surface area contributed by atoms with Gasteiger partial charge < -0.3 is 4.90 Å². The van der Waals surface area contributed by atoms with E-state index >= 15 is 0 Å². The fourth-order valence-electron chi connectivity index (χ4n) is 2.76. The third-order valence-corrected chi connectivity index (χ3v) is 4.24. The number of hydrogen-bond donors (Lipinski definition) is 0. The molecular formula is C16H21FN2O. The van der Waals surface area contributed by atoms with Crippen LogP contribution in [0.3, 0.4) is 0 Å². The molecule has 1 aromatic carbocycles. The first-order valence-corrected chi connectivity index (χ1v) is 7.46. The smallest absolute Gasteiger partial charge is 0.227 e. The molecule has 1 heterocycles. The third kappa shape index (κ3) is 3.37. The number of benzene rings is 1. The Bertz CT molecular complexity index is 479. The Morgan fingerprint density at radius 2 is 1.85 bits per heavy atom. The predicted octanol–water partition coefficient (Wildman–Crippen LogP) is 1.92. The first kappa shape index (κ1) is 13.6. The molecule has 2 fully saturated rings. The Morgan fingerprint density at radius 3 is 2.50 bits per heavy atom. The van der Waals surface area contributed by atoms with Crippen LogP contribution in [0.15, 0.2) is 24.3 Å². The van der Waals surface area contributed by atoms with Crippen LogP contribution in [0.25, 0.3) is 0 Å². The van der Waals surface area contributed by atoms with Crippen LogP contribution in [0.4, 0.5) is 4.39 Å². The molecule has 1 amide bonds. The largest absolute Gasteiger partial charge is 0.340 e. The molecule has 20 heavy (non-hydrogen) atoms. The van der Waals surface area contributed by atoms with Crippen molar-refractivity contribution in [1.29, 1.82) is 0 Å². The Hall–Kier alpha value is -1.42. The lowest BCUT2D eigenvalue weighted by Gasteiger charge is -2.34. The van der Waals surface area contributed by atoms with E-state index in [-0.39, 0.29) is 18.1 Å². The van der Waals surface area contributed by atoms with Crippen LogP contribution in [-0.2, 0) is 11.2 Å². The van der Waals surface area contributed by atoms with E-state index in [0.29, 0.717) is 5.56 Å². The normalized spacial score (nSPS) is 20.1. The lowest BCUT2D eigenvalue weighted by Crippen LogP contribution is -2.49. The zero-order valence-electron chi connectivity index (χ0n) is 11.7. The van der Waals surface area contributed by atoms with E-state index in [9.17, 15) is 9.18 Å². The lowest BCUT2D eigenvalue weighted by molar-refractivity contribution is -0.132. The second kappa shape index (κ2) is 5.92. The van der Waals surface area contributed by atoms with Crippen LogP contribution in [0.2, 0.25) is 0 Å². The molecular weight excluding hydrogens is 255 g/mol. The molecule has 4 heteroatoms. The fourth-order valence-corrected chi connectivity index (χ4v) is 2.76. The van der Waals surface area contributed by atoms with Crippen LogP contribution in [-0.4, -0.2) is 48.4 Å². The lowest BCUT2D eigenvalue weighted by atomic mass is 10.1. The molecule has 0 radical (unpaired) electrons. The Balaban J connectivity index is 1.50. The van der Waals surface area contributed by atoms with Gasteiger partial charge in [0.15, 0.2) is 0 Å². The zero-order chi connectivity index (χ0) is 13.9.